The maximum atomic E-state index is 14.2. The standard InChI is InChI=1S/C43H53N5O9/c1-28-24-30(25-29(2)37(28)49)26-36(57-42(54)47-17-15-34(16-18-47)48-19-14-31-8-6-7-9-35(31)44-41(48)53)38(50)46-22-20-45(21-23-46)33-12-10-32(11-13-33)39(51)55-27-56-40(52)43(3,4)5/h6-13,24-25,34,36,49H,14-23,26-27H2,1-5H3,(H,44,53)/t36-/m1/s1. The van der Waals surface area contributed by atoms with Crippen LogP contribution < -0.4 is 10.2 Å². The fraction of sp³-hybridized carbons (Fsp3) is 0.465. The van der Waals surface area contributed by atoms with Crippen molar-refractivity contribution in [3.8, 4) is 5.75 Å². The van der Waals surface area contributed by atoms with Crippen LogP contribution in [-0.2, 0) is 36.6 Å². The van der Waals surface area contributed by atoms with Gasteiger partial charge in [0.2, 0.25) is 6.79 Å². The van der Waals surface area contributed by atoms with E-state index in [4.69, 9.17) is 14.2 Å². The van der Waals surface area contributed by atoms with Gasteiger partial charge in [0.1, 0.15) is 5.75 Å². The minimum Gasteiger partial charge on any atom is -0.507 e. The van der Waals surface area contributed by atoms with Gasteiger partial charge in [0, 0.05) is 69.7 Å². The van der Waals surface area contributed by atoms with Crippen LogP contribution in [0.5, 0.6) is 5.75 Å². The van der Waals surface area contributed by atoms with E-state index in [-0.39, 0.29) is 30.2 Å². The highest BCUT2D eigenvalue weighted by molar-refractivity contribution is 5.91. The van der Waals surface area contributed by atoms with E-state index in [2.05, 4.69) is 10.2 Å². The molecule has 2 N–H and O–H groups in total. The number of hydrogen-bond acceptors (Lipinski definition) is 10. The third-order valence-corrected chi connectivity index (χ3v) is 10.8. The molecule has 0 spiro atoms. The highest BCUT2D eigenvalue weighted by Gasteiger charge is 2.35. The quantitative estimate of drug-likeness (QED) is 0.205. The number of aromatic hydroxyl groups is 1. The van der Waals surface area contributed by atoms with Gasteiger partial charge in [-0.15, -0.1) is 0 Å². The summed E-state index contributed by atoms with van der Waals surface area (Å²) < 4.78 is 16.2. The van der Waals surface area contributed by atoms with Crippen LogP contribution in [0.1, 0.15) is 66.2 Å². The number of anilines is 2. The van der Waals surface area contributed by atoms with Gasteiger partial charge >= 0.3 is 24.1 Å². The number of nitrogens with one attached hydrogen (secondary N) is 1. The molecule has 1 atom stereocenters. The van der Waals surface area contributed by atoms with Gasteiger partial charge < -0.3 is 44.2 Å². The molecule has 3 aromatic carbocycles. The first-order valence-electron chi connectivity index (χ1n) is 19.6. The molecule has 57 heavy (non-hydrogen) atoms. The van der Waals surface area contributed by atoms with Crippen LogP contribution in [0.2, 0.25) is 0 Å². The van der Waals surface area contributed by atoms with Gasteiger partial charge in [0.15, 0.2) is 6.10 Å². The molecular weight excluding hydrogens is 730 g/mol. The summed E-state index contributed by atoms with van der Waals surface area (Å²) in [6, 6.07) is 18.1. The summed E-state index contributed by atoms with van der Waals surface area (Å²) in [6.45, 7) is 11.4. The number of carbonyl (C=O) groups excluding carboxylic acids is 5. The number of urea groups is 1. The van der Waals surface area contributed by atoms with E-state index in [0.29, 0.717) is 75.3 Å². The molecule has 0 bridgehead atoms. The van der Waals surface area contributed by atoms with Gasteiger partial charge in [-0.05, 0) is 106 Å². The van der Waals surface area contributed by atoms with Gasteiger partial charge in [-0.3, -0.25) is 9.59 Å². The first-order chi connectivity index (χ1) is 27.2. The number of esters is 2. The van der Waals surface area contributed by atoms with Crippen LogP contribution in [0, 0.1) is 19.3 Å². The summed E-state index contributed by atoms with van der Waals surface area (Å²) in [5, 5.41) is 13.4. The fourth-order valence-corrected chi connectivity index (χ4v) is 7.48. The van der Waals surface area contributed by atoms with Crippen molar-refractivity contribution in [1.82, 2.24) is 14.7 Å². The second-order valence-corrected chi connectivity index (χ2v) is 16.0. The van der Waals surface area contributed by atoms with Gasteiger partial charge in [0.05, 0.1) is 11.0 Å². The summed E-state index contributed by atoms with van der Waals surface area (Å²) >= 11 is 0. The van der Waals surface area contributed by atoms with Crippen LogP contribution in [0.4, 0.5) is 21.0 Å². The number of rotatable bonds is 9. The normalized spacial score (nSPS) is 16.9. The molecule has 6 rings (SSSR count). The van der Waals surface area contributed by atoms with E-state index in [1.807, 2.05) is 41.3 Å². The van der Waals surface area contributed by atoms with E-state index in [1.54, 1.807) is 68.7 Å². The summed E-state index contributed by atoms with van der Waals surface area (Å²) in [5.74, 6) is -1.20. The lowest BCUT2D eigenvalue weighted by Gasteiger charge is -2.39. The number of hydrogen-bond donors (Lipinski definition) is 2. The lowest BCUT2D eigenvalue weighted by Crippen LogP contribution is -2.54. The number of para-hydroxylation sites is 1. The first kappa shape index (κ1) is 40.9. The zero-order valence-corrected chi connectivity index (χ0v) is 33.4. The third-order valence-electron chi connectivity index (χ3n) is 10.8. The highest BCUT2D eigenvalue weighted by atomic mass is 16.7. The van der Waals surface area contributed by atoms with Crippen molar-refractivity contribution in [2.45, 2.75) is 72.4 Å². The van der Waals surface area contributed by atoms with Gasteiger partial charge in [0.25, 0.3) is 5.91 Å². The van der Waals surface area contributed by atoms with Crippen molar-refractivity contribution in [3.05, 3.63) is 88.5 Å². The number of piperazine rings is 1. The molecule has 2 fully saturated rings. The maximum absolute atomic E-state index is 14.2. The highest BCUT2D eigenvalue weighted by Crippen LogP contribution is 2.27. The van der Waals surface area contributed by atoms with E-state index in [1.165, 1.54) is 0 Å². The Morgan fingerprint density at radius 1 is 0.842 bits per heavy atom. The predicted molar refractivity (Wildman–Crippen MR) is 213 cm³/mol. The van der Waals surface area contributed by atoms with Crippen LogP contribution in [0.15, 0.2) is 60.7 Å². The Hall–Kier alpha value is -5.79. The number of benzene rings is 3. The molecule has 0 aliphatic carbocycles. The summed E-state index contributed by atoms with van der Waals surface area (Å²) in [4.78, 5) is 72.7. The number of amides is 4. The van der Waals surface area contributed by atoms with E-state index in [0.717, 1.165) is 28.9 Å². The topological polar surface area (TPSA) is 158 Å². The molecule has 304 valence electrons. The number of likely N-dealkylation sites (tertiary alicyclic amines) is 1. The largest absolute Gasteiger partial charge is 0.507 e. The fourth-order valence-electron chi connectivity index (χ4n) is 7.48. The van der Waals surface area contributed by atoms with Crippen LogP contribution in [0.25, 0.3) is 0 Å². The van der Waals surface area contributed by atoms with Crippen molar-refractivity contribution in [3.63, 3.8) is 0 Å². The molecule has 0 unspecified atom stereocenters. The molecule has 0 aromatic heterocycles. The number of carbonyl (C=O) groups is 5. The van der Waals surface area contributed by atoms with Crippen molar-refractivity contribution in [2.24, 2.45) is 5.41 Å². The number of aryl methyl sites for hydroxylation is 2. The Morgan fingerprint density at radius 3 is 2.14 bits per heavy atom. The van der Waals surface area contributed by atoms with Crippen molar-refractivity contribution < 1.29 is 43.3 Å². The smallest absolute Gasteiger partial charge is 0.410 e. The zero-order chi connectivity index (χ0) is 40.9. The summed E-state index contributed by atoms with van der Waals surface area (Å²) in [5.41, 5.74) is 4.50. The molecule has 3 heterocycles. The third kappa shape index (κ3) is 9.97. The second kappa shape index (κ2) is 17.6. The Labute approximate surface area is 333 Å². The number of piperidine rings is 1. The molecule has 14 heteroatoms. The Bertz CT molecular complexity index is 1940. The van der Waals surface area contributed by atoms with E-state index < -0.39 is 36.3 Å². The van der Waals surface area contributed by atoms with Gasteiger partial charge in [-0.25, -0.2) is 14.4 Å². The SMILES string of the molecule is Cc1cc(C[C@@H](OC(=O)N2CCC(N3CCc4ccccc4NC3=O)CC2)C(=O)N2CCN(c3ccc(C(=O)OCOC(=O)C(C)(C)C)cc3)CC2)cc(C)c1O. The monoisotopic (exact) mass is 783 g/mol. The number of nitrogens with zero attached hydrogens (tertiary/aromatic N) is 4. The van der Waals surface area contributed by atoms with Crippen LogP contribution in [0.3, 0.4) is 0 Å². The van der Waals surface area contributed by atoms with Gasteiger partial charge in [-0.1, -0.05) is 30.3 Å². The van der Waals surface area contributed by atoms with Crippen molar-refractivity contribution >= 4 is 41.3 Å². The number of fused-ring (bicyclic) bond motifs is 1. The van der Waals surface area contributed by atoms with Crippen LogP contribution in [-0.4, -0.2) is 115 Å². The number of phenolic OH excluding ortho intramolecular Hbond substituents is 1. The molecular formula is C43H53N5O9. The first-order valence-corrected chi connectivity index (χ1v) is 19.6. The second-order valence-electron chi connectivity index (χ2n) is 16.0. The summed E-state index contributed by atoms with van der Waals surface area (Å²) in [6.07, 6.45) is 0.401. The van der Waals surface area contributed by atoms with E-state index in [9.17, 15) is 29.1 Å². The lowest BCUT2D eigenvalue weighted by atomic mass is 9.98. The molecule has 0 radical (unpaired) electrons. The van der Waals surface area contributed by atoms with E-state index >= 15 is 0 Å². The molecule has 14 nitrogen and oxygen atoms in total. The summed E-state index contributed by atoms with van der Waals surface area (Å²) in [7, 11) is 0. The number of ether oxygens (including phenoxy) is 3. The van der Waals surface area contributed by atoms with Crippen molar-refractivity contribution in [2.75, 3.05) is 62.8 Å². The molecule has 3 aromatic rings. The minimum absolute atomic E-state index is 0.0324. The minimum atomic E-state index is -1.09. The molecule has 2 saturated heterocycles. The van der Waals surface area contributed by atoms with Gasteiger partial charge in [-0.2, -0.15) is 0 Å². The van der Waals surface area contributed by atoms with Crippen molar-refractivity contribution in [1.29, 1.82) is 0 Å². The Morgan fingerprint density at radius 2 is 1.49 bits per heavy atom. The lowest BCUT2D eigenvalue weighted by molar-refractivity contribution is -0.161. The number of phenols is 1. The predicted octanol–water partition coefficient (Wildman–Crippen LogP) is 5.66. The molecule has 3 aliphatic heterocycles. The average Bonchev–Trinajstić information content (AvgIpc) is 3.37. The Balaban J connectivity index is 1.05. The molecule has 3 aliphatic rings. The molecule has 4 amide bonds. The maximum Gasteiger partial charge on any atom is 0.410 e. The Kier molecular flexibility index (Phi) is 12.6. The average molecular weight is 784 g/mol. The molecule has 0 saturated carbocycles. The zero-order valence-electron chi connectivity index (χ0n) is 33.4. The van der Waals surface area contributed by atoms with Crippen LogP contribution >= 0.6 is 0 Å².